The molecule has 0 unspecified atom stereocenters. The molecule has 0 heterocycles. The maximum absolute atomic E-state index is 11.1. The van der Waals surface area contributed by atoms with Crippen LogP contribution in [0, 0.1) is 0 Å². The molecule has 1 rings (SSSR count). The predicted octanol–water partition coefficient (Wildman–Crippen LogP) is 1.23. The fourth-order valence-electron chi connectivity index (χ4n) is 1.19. The minimum atomic E-state index is -0.0474. The molecule has 0 bridgehead atoms. The summed E-state index contributed by atoms with van der Waals surface area (Å²) in [6.45, 7) is 1.48. The van der Waals surface area contributed by atoms with E-state index in [2.05, 4.69) is 5.43 Å². The first kappa shape index (κ1) is 11.5. The molecule has 0 radical (unpaired) electrons. The summed E-state index contributed by atoms with van der Waals surface area (Å²) in [6.07, 6.45) is 0. The molecule has 0 aliphatic heterocycles. The maximum atomic E-state index is 11.1. The van der Waals surface area contributed by atoms with E-state index in [0.29, 0.717) is 17.0 Å². The Hall–Kier alpha value is -1.59. The summed E-state index contributed by atoms with van der Waals surface area (Å²) in [4.78, 5) is 11.1. The second kappa shape index (κ2) is 4.77. The lowest BCUT2D eigenvalue weighted by atomic mass is 10.1. The van der Waals surface area contributed by atoms with E-state index < -0.39 is 0 Å². The molecule has 82 valence electrons. The lowest BCUT2D eigenvalue weighted by Gasteiger charge is -2.18. The Kier molecular flexibility index (Phi) is 3.65. The average Bonchev–Trinajstić information content (AvgIpc) is 2.27. The summed E-state index contributed by atoms with van der Waals surface area (Å²) in [5, 5.41) is 10.3. The molecule has 0 fully saturated rings. The van der Waals surface area contributed by atoms with Crippen molar-refractivity contribution in [3.05, 3.63) is 23.8 Å². The van der Waals surface area contributed by atoms with Crippen LogP contribution in [0.2, 0.25) is 0 Å². The Bertz CT molecular complexity index is 366. The summed E-state index contributed by atoms with van der Waals surface area (Å²) >= 11 is 0. The summed E-state index contributed by atoms with van der Waals surface area (Å²) in [5.41, 5.74) is 3.52. The van der Waals surface area contributed by atoms with E-state index in [0.717, 1.165) is 5.17 Å². The van der Waals surface area contributed by atoms with Crippen LogP contribution in [-0.4, -0.2) is 25.1 Å². The molecule has 0 aliphatic rings. The Balaban J connectivity index is 3.14. The van der Waals surface area contributed by atoms with Gasteiger partial charge in [-0.05, 0) is 25.1 Å². The third-order valence-electron chi connectivity index (χ3n) is 2.03. The Labute approximate surface area is 88.2 Å². The van der Waals surface area contributed by atoms with Gasteiger partial charge in [0.15, 0.2) is 5.78 Å². The van der Waals surface area contributed by atoms with Gasteiger partial charge < -0.3 is 4.74 Å². The minimum Gasteiger partial charge on any atom is -0.494 e. The molecule has 15 heavy (non-hydrogen) atoms. The predicted molar refractivity (Wildman–Crippen MR) is 56.3 cm³/mol. The van der Waals surface area contributed by atoms with Gasteiger partial charge in [-0.3, -0.25) is 10.0 Å². The molecular formula is C10H14N2O3. The molecule has 5 heteroatoms. The Morgan fingerprint density at radius 2 is 2.20 bits per heavy atom. The highest BCUT2D eigenvalue weighted by Gasteiger charge is 2.10. The van der Waals surface area contributed by atoms with E-state index in [-0.39, 0.29) is 5.78 Å². The fraction of sp³-hybridized carbons (Fsp3) is 0.300. The molecule has 0 aromatic heterocycles. The number of nitrogens with one attached hydrogen (secondary N) is 1. The number of benzene rings is 1. The first-order chi connectivity index (χ1) is 7.10. The van der Waals surface area contributed by atoms with Gasteiger partial charge in [0, 0.05) is 12.6 Å². The van der Waals surface area contributed by atoms with Crippen molar-refractivity contribution in [3.63, 3.8) is 0 Å². The summed E-state index contributed by atoms with van der Waals surface area (Å²) in [5.74, 6) is 0.383. The summed E-state index contributed by atoms with van der Waals surface area (Å²) < 4.78 is 5.07. The van der Waals surface area contributed by atoms with Crippen LogP contribution in [0.25, 0.3) is 0 Å². The van der Waals surface area contributed by atoms with Gasteiger partial charge >= 0.3 is 0 Å². The third kappa shape index (κ3) is 2.45. The normalized spacial score (nSPS) is 9.87. The highest BCUT2D eigenvalue weighted by molar-refractivity contribution is 5.95. The third-order valence-corrected chi connectivity index (χ3v) is 2.03. The van der Waals surface area contributed by atoms with E-state index in [1.807, 2.05) is 0 Å². The second-order valence-electron chi connectivity index (χ2n) is 2.98. The molecule has 1 aromatic carbocycles. The highest BCUT2D eigenvalue weighted by atomic mass is 16.5. The second-order valence-corrected chi connectivity index (χ2v) is 2.98. The lowest BCUT2D eigenvalue weighted by Crippen LogP contribution is -2.31. The van der Waals surface area contributed by atoms with Crippen LogP contribution in [0.15, 0.2) is 18.2 Å². The van der Waals surface area contributed by atoms with Crippen LogP contribution >= 0.6 is 0 Å². The van der Waals surface area contributed by atoms with Gasteiger partial charge in [-0.2, -0.15) is 5.17 Å². The van der Waals surface area contributed by atoms with Gasteiger partial charge in [-0.15, -0.1) is 0 Å². The van der Waals surface area contributed by atoms with Gasteiger partial charge in [-0.25, -0.2) is 5.43 Å². The van der Waals surface area contributed by atoms with Crippen LogP contribution in [-0.2, 0) is 0 Å². The van der Waals surface area contributed by atoms with Crippen molar-refractivity contribution in [3.8, 4) is 5.75 Å². The maximum Gasteiger partial charge on any atom is 0.159 e. The number of hydrazine groups is 1. The van der Waals surface area contributed by atoms with Crippen molar-refractivity contribution < 1.29 is 14.7 Å². The average molecular weight is 210 g/mol. The van der Waals surface area contributed by atoms with Gasteiger partial charge in [-0.1, -0.05) is 0 Å². The molecule has 2 N–H and O–H groups in total. The molecule has 0 spiro atoms. The molecule has 0 aliphatic carbocycles. The van der Waals surface area contributed by atoms with Gasteiger partial charge in [0.05, 0.1) is 7.11 Å². The molecule has 0 saturated heterocycles. The molecule has 1 aromatic rings. The number of ether oxygens (including phenoxy) is 1. The van der Waals surface area contributed by atoms with Crippen LogP contribution in [0.5, 0.6) is 5.75 Å². The van der Waals surface area contributed by atoms with Gasteiger partial charge in [0.2, 0.25) is 0 Å². The Morgan fingerprint density at radius 3 is 2.67 bits per heavy atom. The molecule has 5 nitrogen and oxygen atoms in total. The standard InChI is InChI=1S/C10H14N2O3/c1-7(13)8-4-5-9(12(14)11-2)10(6-8)15-3/h4-6,11,14H,1-3H3. The van der Waals surface area contributed by atoms with Crippen molar-refractivity contribution in [1.82, 2.24) is 5.43 Å². The number of hydrogen-bond donors (Lipinski definition) is 2. The minimum absolute atomic E-state index is 0.0474. The number of anilines is 1. The fourth-order valence-corrected chi connectivity index (χ4v) is 1.19. The van der Waals surface area contributed by atoms with Crippen molar-refractivity contribution in [1.29, 1.82) is 0 Å². The zero-order valence-electron chi connectivity index (χ0n) is 8.94. The monoisotopic (exact) mass is 210 g/mol. The van der Waals surface area contributed by atoms with Crippen LogP contribution in [0.1, 0.15) is 17.3 Å². The van der Waals surface area contributed by atoms with Crippen molar-refractivity contribution >= 4 is 11.5 Å². The first-order valence-electron chi connectivity index (χ1n) is 4.45. The molecular weight excluding hydrogens is 196 g/mol. The molecule has 0 atom stereocenters. The van der Waals surface area contributed by atoms with E-state index in [1.165, 1.54) is 14.0 Å². The number of methoxy groups -OCH3 is 1. The van der Waals surface area contributed by atoms with Crippen molar-refractivity contribution in [2.75, 3.05) is 19.3 Å². The quantitative estimate of drug-likeness (QED) is 0.578. The van der Waals surface area contributed by atoms with Crippen LogP contribution in [0.3, 0.4) is 0 Å². The van der Waals surface area contributed by atoms with Crippen molar-refractivity contribution in [2.24, 2.45) is 0 Å². The molecule has 0 saturated carbocycles. The van der Waals surface area contributed by atoms with Crippen molar-refractivity contribution in [2.45, 2.75) is 6.92 Å². The van der Waals surface area contributed by atoms with E-state index >= 15 is 0 Å². The van der Waals surface area contributed by atoms with E-state index in [1.54, 1.807) is 25.2 Å². The molecule has 0 amide bonds. The summed E-state index contributed by atoms with van der Waals surface area (Å²) in [6, 6.07) is 4.81. The summed E-state index contributed by atoms with van der Waals surface area (Å²) in [7, 11) is 3.05. The number of Topliss-reactive ketones (excluding diaryl/α,β-unsaturated/α-hetero) is 1. The number of ketones is 1. The number of nitrogens with zero attached hydrogens (tertiary/aromatic N) is 1. The van der Waals surface area contributed by atoms with Crippen LogP contribution < -0.4 is 15.3 Å². The zero-order valence-corrected chi connectivity index (χ0v) is 8.94. The lowest BCUT2D eigenvalue weighted by molar-refractivity contribution is 0.101. The number of carbonyl (C=O) groups excluding carboxylic acids is 1. The van der Waals surface area contributed by atoms with Crippen LogP contribution in [0.4, 0.5) is 5.69 Å². The first-order valence-corrected chi connectivity index (χ1v) is 4.45. The number of hydrogen-bond acceptors (Lipinski definition) is 5. The van der Waals surface area contributed by atoms with E-state index in [4.69, 9.17) is 4.74 Å². The SMILES string of the molecule is CNN(O)c1ccc(C(C)=O)cc1OC. The van der Waals surface area contributed by atoms with E-state index in [9.17, 15) is 10.0 Å². The largest absolute Gasteiger partial charge is 0.494 e. The highest BCUT2D eigenvalue weighted by Crippen LogP contribution is 2.27. The number of carbonyl (C=O) groups is 1. The van der Waals surface area contributed by atoms with Gasteiger partial charge in [0.1, 0.15) is 11.4 Å². The number of rotatable bonds is 4. The van der Waals surface area contributed by atoms with Gasteiger partial charge in [0.25, 0.3) is 0 Å². The smallest absolute Gasteiger partial charge is 0.159 e. The Morgan fingerprint density at radius 1 is 1.53 bits per heavy atom. The zero-order chi connectivity index (χ0) is 11.4. The topological polar surface area (TPSA) is 61.8 Å².